The molecule has 0 bridgehead atoms. The Morgan fingerprint density at radius 2 is 1.87 bits per heavy atom. The average Bonchev–Trinajstić information content (AvgIpc) is 3.10. The molecule has 2 heterocycles. The molecule has 0 saturated heterocycles. The second-order valence-electron chi connectivity index (χ2n) is 8.64. The molecule has 3 aromatic rings. The lowest BCUT2D eigenvalue weighted by Crippen LogP contribution is -2.36. The van der Waals surface area contributed by atoms with Gasteiger partial charge >= 0.3 is 0 Å². The van der Waals surface area contributed by atoms with Gasteiger partial charge in [-0.2, -0.15) is 4.98 Å². The van der Waals surface area contributed by atoms with Crippen LogP contribution in [0, 0.1) is 5.41 Å². The predicted octanol–water partition coefficient (Wildman–Crippen LogP) is 4.96. The first kappa shape index (κ1) is 18.9. The monoisotopic (exact) mass is 420 g/mol. The standard InChI is InChI=1S/C23H21ClN4O2/c1-23(2)11-17-19(18(30)12-23)20(13-7-9-14(29)10-8-13)28-22(25-17)26-21(27-28)15-5-3-4-6-16(15)24/h3-10,20,29H,11-12H2,1-2H3,(H,25,26,27). The molecular weight excluding hydrogens is 400 g/mol. The van der Waals surface area contributed by atoms with Crippen LogP contribution in [0.4, 0.5) is 5.95 Å². The summed E-state index contributed by atoms with van der Waals surface area (Å²) in [5.74, 6) is 1.35. The minimum atomic E-state index is -0.413. The molecule has 0 radical (unpaired) electrons. The number of fused-ring (bicyclic) bond motifs is 1. The summed E-state index contributed by atoms with van der Waals surface area (Å²) in [5, 5.41) is 18.4. The number of benzene rings is 2. The molecule has 6 nitrogen and oxygen atoms in total. The Hall–Kier alpha value is -3.12. The first-order valence-corrected chi connectivity index (χ1v) is 10.2. The van der Waals surface area contributed by atoms with Crippen molar-refractivity contribution < 1.29 is 9.90 Å². The van der Waals surface area contributed by atoms with Crippen LogP contribution in [0.15, 0.2) is 59.8 Å². The Kier molecular flexibility index (Phi) is 4.22. The van der Waals surface area contributed by atoms with E-state index in [1.54, 1.807) is 22.9 Å². The van der Waals surface area contributed by atoms with Gasteiger partial charge in [-0.3, -0.25) is 4.79 Å². The van der Waals surface area contributed by atoms with Gasteiger partial charge in [-0.05, 0) is 41.7 Å². The zero-order chi connectivity index (χ0) is 21.0. The first-order valence-electron chi connectivity index (χ1n) is 9.86. The maximum absolute atomic E-state index is 13.2. The van der Waals surface area contributed by atoms with Gasteiger partial charge in [0.25, 0.3) is 0 Å². The highest BCUT2D eigenvalue weighted by molar-refractivity contribution is 6.33. The van der Waals surface area contributed by atoms with E-state index in [0.717, 1.165) is 23.2 Å². The van der Waals surface area contributed by atoms with Crippen molar-refractivity contribution in [3.8, 4) is 17.1 Å². The number of rotatable bonds is 2. The normalized spacial score (nSPS) is 19.8. The molecule has 0 spiro atoms. The van der Waals surface area contributed by atoms with Crippen molar-refractivity contribution in [2.75, 3.05) is 5.32 Å². The molecule has 5 rings (SSSR count). The summed E-state index contributed by atoms with van der Waals surface area (Å²) in [6.45, 7) is 4.20. The van der Waals surface area contributed by atoms with E-state index in [1.807, 2.05) is 30.3 Å². The molecule has 0 amide bonds. The first-order chi connectivity index (χ1) is 14.3. The Balaban J connectivity index is 1.69. The van der Waals surface area contributed by atoms with Crippen molar-refractivity contribution in [2.24, 2.45) is 5.41 Å². The van der Waals surface area contributed by atoms with E-state index in [-0.39, 0.29) is 16.9 Å². The number of aromatic hydroxyl groups is 1. The molecule has 7 heteroatoms. The number of aromatic nitrogens is 3. The van der Waals surface area contributed by atoms with Crippen LogP contribution in [0.5, 0.6) is 5.75 Å². The number of ketones is 1. The number of hydrogen-bond donors (Lipinski definition) is 2. The van der Waals surface area contributed by atoms with Gasteiger partial charge in [0.2, 0.25) is 5.95 Å². The number of anilines is 1. The maximum atomic E-state index is 13.2. The van der Waals surface area contributed by atoms with Crippen molar-refractivity contribution in [2.45, 2.75) is 32.7 Å². The second kappa shape index (κ2) is 6.71. The maximum Gasteiger partial charge on any atom is 0.226 e. The Bertz CT molecular complexity index is 1190. The summed E-state index contributed by atoms with van der Waals surface area (Å²) in [6.07, 6.45) is 1.22. The van der Waals surface area contributed by atoms with Gasteiger partial charge in [0, 0.05) is 23.3 Å². The molecule has 1 aliphatic heterocycles. The third-order valence-corrected chi connectivity index (χ3v) is 5.99. The van der Waals surface area contributed by atoms with Crippen molar-refractivity contribution in [3.05, 3.63) is 70.4 Å². The number of nitrogens with one attached hydrogen (secondary N) is 1. The van der Waals surface area contributed by atoms with Crippen LogP contribution in [0.2, 0.25) is 5.02 Å². The highest BCUT2D eigenvalue weighted by Crippen LogP contribution is 2.46. The Morgan fingerprint density at radius 3 is 2.60 bits per heavy atom. The molecule has 2 aliphatic rings. The molecule has 30 heavy (non-hydrogen) atoms. The van der Waals surface area contributed by atoms with E-state index in [2.05, 4.69) is 19.2 Å². The van der Waals surface area contributed by atoms with Gasteiger partial charge in [-0.25, -0.2) is 4.68 Å². The summed E-state index contributed by atoms with van der Waals surface area (Å²) < 4.78 is 1.75. The fourth-order valence-electron chi connectivity index (χ4n) is 4.33. The fourth-order valence-corrected chi connectivity index (χ4v) is 4.55. The third kappa shape index (κ3) is 3.08. The van der Waals surface area contributed by atoms with Crippen LogP contribution in [0.1, 0.15) is 38.3 Å². The van der Waals surface area contributed by atoms with Crippen LogP contribution in [0.3, 0.4) is 0 Å². The molecule has 1 atom stereocenters. The minimum absolute atomic E-state index is 0.104. The van der Waals surface area contributed by atoms with Crippen molar-refractivity contribution in [1.29, 1.82) is 0 Å². The number of Topliss-reactive ketones (excluding diaryl/α,β-unsaturated/α-hetero) is 1. The molecule has 0 saturated carbocycles. The second-order valence-corrected chi connectivity index (χ2v) is 9.04. The van der Waals surface area contributed by atoms with Crippen LogP contribution >= 0.6 is 11.6 Å². The Morgan fingerprint density at radius 1 is 1.13 bits per heavy atom. The molecule has 1 aromatic heterocycles. The number of halogens is 1. The van der Waals surface area contributed by atoms with E-state index >= 15 is 0 Å². The number of phenols is 1. The molecule has 0 fully saturated rings. The van der Waals surface area contributed by atoms with Gasteiger partial charge < -0.3 is 10.4 Å². The van der Waals surface area contributed by atoms with E-state index in [4.69, 9.17) is 21.7 Å². The zero-order valence-electron chi connectivity index (χ0n) is 16.7. The molecule has 152 valence electrons. The van der Waals surface area contributed by atoms with Gasteiger partial charge in [0.05, 0.1) is 5.02 Å². The van der Waals surface area contributed by atoms with Crippen molar-refractivity contribution in [1.82, 2.24) is 14.8 Å². The smallest absolute Gasteiger partial charge is 0.226 e. The summed E-state index contributed by atoms with van der Waals surface area (Å²) in [5.41, 5.74) is 3.07. The van der Waals surface area contributed by atoms with Crippen molar-refractivity contribution >= 4 is 23.3 Å². The average molecular weight is 421 g/mol. The quantitative estimate of drug-likeness (QED) is 0.612. The van der Waals surface area contributed by atoms with E-state index in [9.17, 15) is 9.90 Å². The topological polar surface area (TPSA) is 80.0 Å². The number of allylic oxidation sites excluding steroid dienone is 2. The highest BCUT2D eigenvalue weighted by atomic mass is 35.5. The fraction of sp³-hybridized carbons (Fsp3) is 0.261. The third-order valence-electron chi connectivity index (χ3n) is 5.66. The Labute approximate surface area is 179 Å². The lowest BCUT2D eigenvalue weighted by Gasteiger charge is -2.38. The minimum Gasteiger partial charge on any atom is -0.508 e. The number of hydrogen-bond acceptors (Lipinski definition) is 5. The summed E-state index contributed by atoms with van der Waals surface area (Å²) in [4.78, 5) is 17.9. The largest absolute Gasteiger partial charge is 0.508 e. The predicted molar refractivity (Wildman–Crippen MR) is 115 cm³/mol. The SMILES string of the molecule is CC1(C)CC(=O)C2=C(C1)Nc1nc(-c3ccccc3Cl)nn1C2c1ccc(O)cc1. The molecule has 2 aromatic carbocycles. The lowest BCUT2D eigenvalue weighted by atomic mass is 9.73. The molecule has 2 N–H and O–H groups in total. The van der Waals surface area contributed by atoms with Crippen LogP contribution in [-0.4, -0.2) is 25.7 Å². The number of phenolic OH excluding ortho intramolecular Hbond substituents is 1. The van der Waals surface area contributed by atoms with E-state index in [0.29, 0.717) is 28.8 Å². The van der Waals surface area contributed by atoms with Gasteiger partial charge in [0.15, 0.2) is 11.6 Å². The number of carbonyl (C=O) groups is 1. The van der Waals surface area contributed by atoms with E-state index in [1.165, 1.54) is 0 Å². The van der Waals surface area contributed by atoms with Crippen LogP contribution in [-0.2, 0) is 4.79 Å². The van der Waals surface area contributed by atoms with Crippen LogP contribution in [0.25, 0.3) is 11.4 Å². The summed E-state index contributed by atoms with van der Waals surface area (Å²) >= 11 is 6.37. The summed E-state index contributed by atoms with van der Waals surface area (Å²) in [6, 6.07) is 13.9. The van der Waals surface area contributed by atoms with Gasteiger partial charge in [-0.15, -0.1) is 5.10 Å². The summed E-state index contributed by atoms with van der Waals surface area (Å²) in [7, 11) is 0. The molecule has 1 aliphatic carbocycles. The number of nitrogens with zero attached hydrogens (tertiary/aromatic N) is 3. The van der Waals surface area contributed by atoms with E-state index < -0.39 is 6.04 Å². The van der Waals surface area contributed by atoms with Gasteiger partial charge in [-0.1, -0.05) is 49.7 Å². The van der Waals surface area contributed by atoms with Gasteiger partial charge in [0.1, 0.15) is 11.8 Å². The molecule has 1 unspecified atom stereocenters. The van der Waals surface area contributed by atoms with Crippen LogP contribution < -0.4 is 5.32 Å². The lowest BCUT2D eigenvalue weighted by molar-refractivity contribution is -0.118. The zero-order valence-corrected chi connectivity index (χ0v) is 17.4. The number of carbonyl (C=O) groups excluding carboxylic acids is 1. The highest BCUT2D eigenvalue weighted by Gasteiger charge is 2.41. The molecular formula is C23H21ClN4O2. The van der Waals surface area contributed by atoms with Crippen molar-refractivity contribution in [3.63, 3.8) is 0 Å².